The van der Waals surface area contributed by atoms with Gasteiger partial charge in [-0.3, -0.25) is 4.79 Å². The van der Waals surface area contributed by atoms with Crippen LogP contribution in [0.1, 0.15) is 17.4 Å². The van der Waals surface area contributed by atoms with E-state index in [0.29, 0.717) is 15.4 Å². The number of hydrogen-bond acceptors (Lipinski definition) is 6. The van der Waals surface area contributed by atoms with Crippen molar-refractivity contribution < 1.29 is 9.90 Å². The number of fused-ring (bicyclic) bond motifs is 1. The quantitative estimate of drug-likeness (QED) is 0.666. The van der Waals surface area contributed by atoms with E-state index in [0.717, 1.165) is 22.2 Å². The number of thiophene rings is 1. The topological polar surface area (TPSA) is 85.9 Å². The molecule has 0 bridgehead atoms. The lowest BCUT2D eigenvalue weighted by Gasteiger charge is -2.10. The lowest BCUT2D eigenvalue weighted by atomic mass is 10.2. The average molecular weight is 283 g/mol. The highest BCUT2D eigenvalue weighted by Crippen LogP contribution is 2.28. The van der Waals surface area contributed by atoms with Gasteiger partial charge in [-0.05, 0) is 26.3 Å². The van der Waals surface area contributed by atoms with Gasteiger partial charge in [0.1, 0.15) is 4.83 Å². The van der Waals surface area contributed by atoms with E-state index in [-0.39, 0.29) is 5.56 Å². The molecule has 2 rings (SSSR count). The third-order valence-corrected chi connectivity index (χ3v) is 4.70. The Hall–Kier alpha value is -1.34. The fourth-order valence-corrected chi connectivity index (χ4v) is 3.32. The number of rotatable bonds is 3. The maximum absolute atomic E-state index is 11.9. The van der Waals surface area contributed by atoms with Crippen LogP contribution in [0.25, 0.3) is 10.2 Å². The second-order valence-corrected chi connectivity index (χ2v) is 6.45. The first-order valence-electron chi connectivity index (χ1n) is 5.27. The van der Waals surface area contributed by atoms with Crippen LogP contribution in [0.15, 0.2) is 9.95 Å². The fourth-order valence-electron chi connectivity index (χ4n) is 1.51. The summed E-state index contributed by atoms with van der Waals surface area (Å²) in [5, 5.41) is 10.8. The number of hydrogen-bond donors (Lipinski definition) is 1. The average Bonchev–Trinajstić information content (AvgIpc) is 2.54. The highest BCUT2D eigenvalue weighted by molar-refractivity contribution is 8.00. The highest BCUT2D eigenvalue weighted by atomic mass is 32.2. The van der Waals surface area contributed by atoms with Crippen LogP contribution < -0.4 is 10.7 Å². The van der Waals surface area contributed by atoms with Gasteiger partial charge in [0.25, 0.3) is 5.56 Å². The van der Waals surface area contributed by atoms with E-state index in [2.05, 4.69) is 9.97 Å². The molecule has 1 N–H and O–H groups in total. The Morgan fingerprint density at radius 2 is 2.17 bits per heavy atom. The molecule has 2 aromatic rings. The molecule has 0 saturated heterocycles. The minimum atomic E-state index is -1.18. The van der Waals surface area contributed by atoms with Crippen LogP contribution in [-0.2, 0) is 4.79 Å². The zero-order valence-corrected chi connectivity index (χ0v) is 11.7. The van der Waals surface area contributed by atoms with E-state index in [9.17, 15) is 14.7 Å². The summed E-state index contributed by atoms with van der Waals surface area (Å²) in [6.07, 6.45) is 0. The van der Waals surface area contributed by atoms with Crippen molar-refractivity contribution in [2.24, 2.45) is 0 Å². The van der Waals surface area contributed by atoms with E-state index < -0.39 is 11.2 Å². The molecule has 0 spiro atoms. The number of H-pyrrole nitrogens is 1. The number of carbonyl (C=O) groups is 1. The summed E-state index contributed by atoms with van der Waals surface area (Å²) in [6, 6.07) is 0. The molecule has 18 heavy (non-hydrogen) atoms. The number of aromatic amines is 1. The first-order chi connectivity index (χ1) is 8.40. The Kier molecular flexibility index (Phi) is 3.45. The lowest BCUT2D eigenvalue weighted by molar-refractivity contribution is -0.304. The number of aromatic nitrogens is 2. The SMILES string of the molecule is Cc1sc2nc(S[C@@H](C)C(=O)[O-])[nH]c(=O)c2c1C. The molecular weight excluding hydrogens is 272 g/mol. The fraction of sp³-hybridized carbons (Fsp3) is 0.364. The summed E-state index contributed by atoms with van der Waals surface area (Å²) in [5.41, 5.74) is 0.697. The van der Waals surface area contributed by atoms with Crippen molar-refractivity contribution in [3.8, 4) is 0 Å². The van der Waals surface area contributed by atoms with Crippen molar-refractivity contribution >= 4 is 39.3 Å². The van der Waals surface area contributed by atoms with Crippen LogP contribution in [0, 0.1) is 13.8 Å². The molecule has 0 aromatic carbocycles. The van der Waals surface area contributed by atoms with E-state index in [1.165, 1.54) is 18.3 Å². The minimum Gasteiger partial charge on any atom is -0.549 e. The Bertz CT molecular complexity index is 675. The van der Waals surface area contributed by atoms with Gasteiger partial charge in [0.2, 0.25) is 0 Å². The molecule has 2 heterocycles. The summed E-state index contributed by atoms with van der Waals surface area (Å²) >= 11 is 2.41. The molecule has 0 unspecified atom stereocenters. The third-order valence-electron chi connectivity index (χ3n) is 2.64. The largest absolute Gasteiger partial charge is 0.549 e. The highest BCUT2D eigenvalue weighted by Gasteiger charge is 2.14. The third kappa shape index (κ3) is 2.28. The number of carbonyl (C=O) groups excluding carboxylic acids is 1. The number of nitrogens with zero attached hydrogens (tertiary/aromatic N) is 1. The molecule has 0 radical (unpaired) electrons. The number of carboxylic acids is 1. The van der Waals surface area contributed by atoms with Crippen LogP contribution >= 0.6 is 23.1 Å². The Morgan fingerprint density at radius 3 is 2.78 bits per heavy atom. The predicted octanol–water partition coefficient (Wildman–Crippen LogP) is 0.832. The summed E-state index contributed by atoms with van der Waals surface area (Å²) in [5.74, 6) is -1.18. The van der Waals surface area contributed by atoms with Gasteiger partial charge in [0.05, 0.1) is 11.4 Å². The van der Waals surface area contributed by atoms with Crippen LogP contribution in [0.3, 0.4) is 0 Å². The molecule has 7 heteroatoms. The van der Waals surface area contributed by atoms with Gasteiger partial charge < -0.3 is 14.9 Å². The van der Waals surface area contributed by atoms with Gasteiger partial charge in [-0.25, -0.2) is 4.98 Å². The summed E-state index contributed by atoms with van der Waals surface area (Å²) in [6.45, 7) is 5.30. The van der Waals surface area contributed by atoms with Crippen LogP contribution in [0.5, 0.6) is 0 Å². The van der Waals surface area contributed by atoms with Gasteiger partial charge in [-0.1, -0.05) is 11.8 Å². The van der Waals surface area contributed by atoms with E-state index in [1.54, 1.807) is 0 Å². The summed E-state index contributed by atoms with van der Waals surface area (Å²) in [4.78, 5) is 31.1. The maximum atomic E-state index is 11.9. The second-order valence-electron chi connectivity index (χ2n) is 3.91. The van der Waals surface area contributed by atoms with Gasteiger partial charge in [0.15, 0.2) is 5.16 Å². The van der Waals surface area contributed by atoms with E-state index in [4.69, 9.17) is 0 Å². The number of thioether (sulfide) groups is 1. The van der Waals surface area contributed by atoms with Gasteiger partial charge in [0, 0.05) is 10.1 Å². The molecule has 0 aliphatic heterocycles. The summed E-state index contributed by atoms with van der Waals surface area (Å²) in [7, 11) is 0. The second kappa shape index (κ2) is 4.74. The molecule has 0 amide bonds. The first-order valence-corrected chi connectivity index (χ1v) is 6.97. The van der Waals surface area contributed by atoms with Gasteiger partial charge in [-0.2, -0.15) is 0 Å². The van der Waals surface area contributed by atoms with E-state index in [1.807, 2.05) is 13.8 Å². The van der Waals surface area contributed by atoms with Crippen molar-refractivity contribution in [1.29, 1.82) is 0 Å². The molecule has 1 atom stereocenters. The lowest BCUT2D eigenvalue weighted by Crippen LogP contribution is -2.31. The van der Waals surface area contributed by atoms with Crippen molar-refractivity contribution in [3.63, 3.8) is 0 Å². The van der Waals surface area contributed by atoms with Gasteiger partial charge in [-0.15, -0.1) is 11.3 Å². The van der Waals surface area contributed by atoms with Crippen molar-refractivity contribution in [3.05, 3.63) is 20.8 Å². The summed E-state index contributed by atoms with van der Waals surface area (Å²) < 4.78 is 0. The van der Waals surface area contributed by atoms with Crippen molar-refractivity contribution in [2.45, 2.75) is 31.2 Å². The number of aliphatic carboxylic acids is 1. The Balaban J connectivity index is 2.50. The van der Waals surface area contributed by atoms with Crippen LogP contribution in [0.2, 0.25) is 0 Å². The number of carboxylic acid groups (broad SMARTS) is 1. The number of nitrogens with one attached hydrogen (secondary N) is 1. The monoisotopic (exact) mass is 283 g/mol. The minimum absolute atomic E-state index is 0.227. The molecule has 0 fully saturated rings. The predicted molar refractivity (Wildman–Crippen MR) is 70.0 cm³/mol. The standard InChI is InChI=1S/C11H12N2O3S2/c1-4-5(2)17-9-7(4)8(14)12-11(13-9)18-6(3)10(15)16/h6H,1-3H3,(H,15,16)(H,12,13,14)/p-1/t6-/m0/s1. The molecule has 0 saturated carbocycles. The zero-order chi connectivity index (χ0) is 13.4. The number of aryl methyl sites for hydroxylation is 2. The van der Waals surface area contributed by atoms with Crippen molar-refractivity contribution in [2.75, 3.05) is 0 Å². The molecule has 96 valence electrons. The first kappa shape index (κ1) is 13.1. The van der Waals surface area contributed by atoms with E-state index >= 15 is 0 Å². The van der Waals surface area contributed by atoms with Crippen LogP contribution in [-0.4, -0.2) is 21.2 Å². The molecule has 0 aliphatic rings. The van der Waals surface area contributed by atoms with Crippen LogP contribution in [0.4, 0.5) is 0 Å². The molecule has 5 nitrogen and oxygen atoms in total. The molecular formula is C11H11N2O3S2-. The Morgan fingerprint density at radius 1 is 1.50 bits per heavy atom. The smallest absolute Gasteiger partial charge is 0.260 e. The Labute approximate surface area is 111 Å². The normalized spacial score (nSPS) is 12.8. The zero-order valence-electron chi connectivity index (χ0n) is 10.1. The molecule has 0 aliphatic carbocycles. The maximum Gasteiger partial charge on any atom is 0.260 e. The molecule has 2 aromatic heterocycles. The van der Waals surface area contributed by atoms with Crippen molar-refractivity contribution in [1.82, 2.24) is 9.97 Å². The van der Waals surface area contributed by atoms with Gasteiger partial charge >= 0.3 is 0 Å².